The molecule has 2 rings (SSSR count). The standard InChI is InChI=1S/C15H18BrClFN3/c1-4-19-14(10-5-11(16)7-12(18)6-10)15-13(17)8-20-21(15)9(2)3/h5-9,14,19H,4H2,1-3H3. The van der Waals surface area contributed by atoms with Crippen molar-refractivity contribution in [3.8, 4) is 0 Å². The van der Waals surface area contributed by atoms with Crippen LogP contribution in [0.3, 0.4) is 0 Å². The first-order valence-electron chi connectivity index (χ1n) is 6.86. The van der Waals surface area contributed by atoms with Crippen LogP contribution >= 0.6 is 27.5 Å². The van der Waals surface area contributed by atoms with Gasteiger partial charge in [-0.2, -0.15) is 5.10 Å². The Morgan fingerprint density at radius 2 is 2.10 bits per heavy atom. The lowest BCUT2D eigenvalue weighted by molar-refractivity contribution is 0.475. The van der Waals surface area contributed by atoms with E-state index in [0.717, 1.165) is 17.8 Å². The van der Waals surface area contributed by atoms with Gasteiger partial charge in [0.1, 0.15) is 5.82 Å². The lowest BCUT2D eigenvalue weighted by Gasteiger charge is -2.22. The summed E-state index contributed by atoms with van der Waals surface area (Å²) in [6.45, 7) is 6.82. The van der Waals surface area contributed by atoms with Gasteiger partial charge >= 0.3 is 0 Å². The quantitative estimate of drug-likeness (QED) is 0.821. The molecule has 0 saturated carbocycles. The van der Waals surface area contributed by atoms with Crippen molar-refractivity contribution in [3.05, 3.63) is 51.0 Å². The Hall–Kier alpha value is -0.910. The van der Waals surface area contributed by atoms with Crippen LogP contribution in [0.15, 0.2) is 28.9 Å². The second-order valence-corrected chi connectivity index (χ2v) is 6.43. The van der Waals surface area contributed by atoms with E-state index in [1.807, 2.05) is 31.5 Å². The number of rotatable bonds is 5. The zero-order valence-electron chi connectivity index (χ0n) is 12.2. The van der Waals surface area contributed by atoms with Crippen LogP contribution in [0.25, 0.3) is 0 Å². The molecule has 0 aliphatic rings. The molecule has 0 aliphatic heterocycles. The summed E-state index contributed by atoms with van der Waals surface area (Å²) in [6, 6.07) is 4.81. The van der Waals surface area contributed by atoms with E-state index in [2.05, 4.69) is 26.3 Å². The van der Waals surface area contributed by atoms with E-state index in [4.69, 9.17) is 11.6 Å². The van der Waals surface area contributed by atoms with Crippen LogP contribution in [0.4, 0.5) is 4.39 Å². The summed E-state index contributed by atoms with van der Waals surface area (Å²) in [5.74, 6) is -0.283. The minimum atomic E-state index is -0.283. The van der Waals surface area contributed by atoms with Crippen LogP contribution in [-0.2, 0) is 0 Å². The molecule has 0 saturated heterocycles. The Morgan fingerprint density at radius 3 is 2.67 bits per heavy atom. The van der Waals surface area contributed by atoms with E-state index in [1.165, 1.54) is 12.1 Å². The van der Waals surface area contributed by atoms with Crippen LogP contribution < -0.4 is 5.32 Å². The third-order valence-electron chi connectivity index (χ3n) is 3.18. The van der Waals surface area contributed by atoms with Crippen molar-refractivity contribution in [2.75, 3.05) is 6.54 Å². The largest absolute Gasteiger partial charge is 0.305 e. The maximum absolute atomic E-state index is 13.7. The Balaban J connectivity index is 2.56. The summed E-state index contributed by atoms with van der Waals surface area (Å²) in [6.07, 6.45) is 1.63. The average molecular weight is 375 g/mol. The molecule has 0 amide bonds. The van der Waals surface area contributed by atoms with E-state index in [0.29, 0.717) is 9.50 Å². The first-order chi connectivity index (χ1) is 9.93. The molecule has 0 radical (unpaired) electrons. The predicted molar refractivity (Wildman–Crippen MR) is 87.2 cm³/mol. The third-order valence-corrected chi connectivity index (χ3v) is 3.93. The van der Waals surface area contributed by atoms with Gasteiger partial charge in [-0.3, -0.25) is 4.68 Å². The highest BCUT2D eigenvalue weighted by molar-refractivity contribution is 9.10. The van der Waals surface area contributed by atoms with Gasteiger partial charge in [0, 0.05) is 10.5 Å². The van der Waals surface area contributed by atoms with Crippen LogP contribution in [0.5, 0.6) is 0 Å². The van der Waals surface area contributed by atoms with Crippen molar-refractivity contribution in [1.82, 2.24) is 15.1 Å². The zero-order valence-corrected chi connectivity index (χ0v) is 14.5. The number of nitrogens with one attached hydrogen (secondary N) is 1. The van der Waals surface area contributed by atoms with Crippen LogP contribution in [-0.4, -0.2) is 16.3 Å². The van der Waals surface area contributed by atoms with E-state index in [-0.39, 0.29) is 17.9 Å². The summed E-state index contributed by atoms with van der Waals surface area (Å²) >= 11 is 9.66. The van der Waals surface area contributed by atoms with Gasteiger partial charge in [0.2, 0.25) is 0 Å². The summed E-state index contributed by atoms with van der Waals surface area (Å²) in [7, 11) is 0. The number of hydrogen-bond acceptors (Lipinski definition) is 2. The highest BCUT2D eigenvalue weighted by Crippen LogP contribution is 2.31. The summed E-state index contributed by atoms with van der Waals surface area (Å²) < 4.78 is 16.3. The molecule has 0 aliphatic carbocycles. The Bertz CT molecular complexity index is 607. The van der Waals surface area contributed by atoms with E-state index in [9.17, 15) is 4.39 Å². The zero-order chi connectivity index (χ0) is 15.6. The van der Waals surface area contributed by atoms with E-state index in [1.54, 1.807) is 6.20 Å². The Kier molecular flexibility index (Phi) is 5.41. The highest BCUT2D eigenvalue weighted by atomic mass is 79.9. The third kappa shape index (κ3) is 3.65. The van der Waals surface area contributed by atoms with Gasteiger partial charge in [-0.05, 0) is 44.2 Å². The molecule has 1 unspecified atom stereocenters. The monoisotopic (exact) mass is 373 g/mol. The number of aromatic nitrogens is 2. The molecule has 6 heteroatoms. The maximum Gasteiger partial charge on any atom is 0.124 e. The fourth-order valence-electron chi connectivity index (χ4n) is 2.35. The topological polar surface area (TPSA) is 29.9 Å². The van der Waals surface area contributed by atoms with E-state index < -0.39 is 0 Å². The number of halogens is 3. The Morgan fingerprint density at radius 1 is 1.38 bits per heavy atom. The molecule has 114 valence electrons. The number of benzene rings is 1. The molecule has 1 heterocycles. The molecule has 1 N–H and O–H groups in total. The molecule has 2 aromatic rings. The smallest absolute Gasteiger partial charge is 0.124 e. The second kappa shape index (κ2) is 6.90. The molecule has 0 bridgehead atoms. The maximum atomic E-state index is 13.7. The van der Waals surface area contributed by atoms with Gasteiger partial charge in [0.25, 0.3) is 0 Å². The molecular weight excluding hydrogens is 357 g/mol. The van der Waals surface area contributed by atoms with Crippen molar-refractivity contribution < 1.29 is 4.39 Å². The van der Waals surface area contributed by atoms with Crippen LogP contribution in [0.1, 0.15) is 44.1 Å². The molecule has 3 nitrogen and oxygen atoms in total. The molecular formula is C15H18BrClFN3. The summed E-state index contributed by atoms with van der Waals surface area (Å²) in [4.78, 5) is 0. The molecule has 0 spiro atoms. The first-order valence-corrected chi connectivity index (χ1v) is 8.03. The number of hydrogen-bond donors (Lipinski definition) is 1. The van der Waals surface area contributed by atoms with Gasteiger partial charge < -0.3 is 5.32 Å². The SMILES string of the molecule is CCNC(c1cc(F)cc(Br)c1)c1c(Cl)cnn1C(C)C. The lowest BCUT2D eigenvalue weighted by Crippen LogP contribution is -2.26. The van der Waals surface area contributed by atoms with Crippen molar-refractivity contribution in [2.45, 2.75) is 32.9 Å². The molecule has 1 aromatic heterocycles. The fourth-order valence-corrected chi connectivity index (χ4v) is 3.07. The van der Waals surface area contributed by atoms with E-state index >= 15 is 0 Å². The normalized spacial score (nSPS) is 12.9. The van der Waals surface area contributed by atoms with Crippen LogP contribution in [0.2, 0.25) is 5.02 Å². The summed E-state index contributed by atoms with van der Waals surface area (Å²) in [5, 5.41) is 8.27. The first kappa shape index (κ1) is 16.5. The minimum Gasteiger partial charge on any atom is -0.305 e. The van der Waals surface area contributed by atoms with Gasteiger partial charge in [0.15, 0.2) is 0 Å². The van der Waals surface area contributed by atoms with Gasteiger partial charge in [-0.15, -0.1) is 0 Å². The summed E-state index contributed by atoms with van der Waals surface area (Å²) in [5.41, 5.74) is 1.67. The van der Waals surface area contributed by atoms with Crippen molar-refractivity contribution in [1.29, 1.82) is 0 Å². The molecule has 0 fully saturated rings. The lowest BCUT2D eigenvalue weighted by atomic mass is 10.0. The second-order valence-electron chi connectivity index (χ2n) is 5.11. The average Bonchev–Trinajstić information content (AvgIpc) is 2.76. The fraction of sp³-hybridized carbons (Fsp3) is 0.400. The minimum absolute atomic E-state index is 0.172. The van der Waals surface area contributed by atoms with Crippen molar-refractivity contribution in [2.24, 2.45) is 0 Å². The number of nitrogens with zero attached hydrogens (tertiary/aromatic N) is 2. The predicted octanol–water partition coefficient (Wildman–Crippen LogP) is 4.72. The van der Waals surface area contributed by atoms with Gasteiger partial charge in [-0.25, -0.2) is 4.39 Å². The van der Waals surface area contributed by atoms with Gasteiger partial charge in [0.05, 0.1) is 23.0 Å². The van der Waals surface area contributed by atoms with Crippen molar-refractivity contribution >= 4 is 27.5 Å². The highest BCUT2D eigenvalue weighted by Gasteiger charge is 2.23. The Labute approximate surface area is 137 Å². The van der Waals surface area contributed by atoms with Crippen molar-refractivity contribution in [3.63, 3.8) is 0 Å². The molecule has 21 heavy (non-hydrogen) atoms. The van der Waals surface area contributed by atoms with Crippen LogP contribution in [0, 0.1) is 5.82 Å². The molecule has 1 atom stereocenters. The molecule has 1 aromatic carbocycles. The van der Waals surface area contributed by atoms with Gasteiger partial charge in [-0.1, -0.05) is 34.5 Å².